The third-order valence-corrected chi connectivity index (χ3v) is 5.17. The maximum absolute atomic E-state index is 14.0. The van der Waals surface area contributed by atoms with Crippen LogP contribution in [0.4, 0.5) is 4.39 Å². The van der Waals surface area contributed by atoms with Crippen molar-refractivity contribution in [3.63, 3.8) is 0 Å². The van der Waals surface area contributed by atoms with Gasteiger partial charge in [0.2, 0.25) is 11.1 Å². The fourth-order valence-electron chi connectivity index (χ4n) is 2.75. The van der Waals surface area contributed by atoms with Crippen molar-refractivity contribution >= 4 is 17.7 Å². The van der Waals surface area contributed by atoms with E-state index in [1.807, 2.05) is 44.2 Å². The molecule has 1 aromatic heterocycles. The Hall–Kier alpha value is -2.87. The molecule has 1 heterocycles. The first kappa shape index (κ1) is 19.9. The highest BCUT2D eigenvalue weighted by Crippen LogP contribution is 2.24. The maximum Gasteiger partial charge on any atom is 0.233 e. The number of nitrogen functional groups attached to an aromatic ring is 1. The van der Waals surface area contributed by atoms with Crippen LogP contribution >= 0.6 is 11.8 Å². The lowest BCUT2D eigenvalue weighted by Crippen LogP contribution is -2.37. The number of rotatable bonds is 7. The number of carbonyl (C=O) groups is 1. The average Bonchev–Trinajstić information content (AvgIpc) is 3.05. The number of thioether (sulfide) groups is 1. The van der Waals surface area contributed by atoms with Crippen LogP contribution in [0.15, 0.2) is 59.8 Å². The molecule has 0 aliphatic rings. The van der Waals surface area contributed by atoms with Crippen LogP contribution in [-0.4, -0.2) is 37.5 Å². The summed E-state index contributed by atoms with van der Waals surface area (Å²) >= 11 is 1.18. The highest BCUT2D eigenvalue weighted by atomic mass is 32.2. The second-order valence-corrected chi connectivity index (χ2v) is 7.49. The molecule has 0 atom stereocenters. The van der Waals surface area contributed by atoms with E-state index in [0.717, 1.165) is 5.56 Å². The van der Waals surface area contributed by atoms with Gasteiger partial charge in [0.15, 0.2) is 5.82 Å². The average molecular weight is 399 g/mol. The lowest BCUT2D eigenvalue weighted by Gasteiger charge is -2.26. The van der Waals surface area contributed by atoms with Crippen molar-refractivity contribution in [2.45, 2.75) is 31.6 Å². The molecule has 28 heavy (non-hydrogen) atoms. The third kappa shape index (κ3) is 4.51. The summed E-state index contributed by atoms with van der Waals surface area (Å²) < 4.78 is 15.2. The molecule has 0 aliphatic heterocycles. The lowest BCUT2D eigenvalue weighted by molar-refractivity contribution is -0.130. The number of nitrogens with zero attached hydrogens (tertiary/aromatic N) is 4. The van der Waals surface area contributed by atoms with Crippen molar-refractivity contribution in [1.29, 1.82) is 0 Å². The summed E-state index contributed by atoms with van der Waals surface area (Å²) in [5.74, 6) is 5.96. The lowest BCUT2D eigenvalue weighted by atomic mass is 10.2. The van der Waals surface area contributed by atoms with Gasteiger partial charge in [-0.25, -0.2) is 9.07 Å². The molecule has 0 saturated carbocycles. The highest BCUT2D eigenvalue weighted by molar-refractivity contribution is 7.99. The van der Waals surface area contributed by atoms with Gasteiger partial charge >= 0.3 is 0 Å². The number of aromatic nitrogens is 3. The summed E-state index contributed by atoms with van der Waals surface area (Å²) in [6.07, 6.45) is 0. The SMILES string of the molecule is CC(C)N(Cc1ccccc1)C(=O)CSc1nnc(-c2ccccc2F)n1N. The van der Waals surface area contributed by atoms with Crippen LogP contribution < -0.4 is 5.84 Å². The molecule has 8 heteroatoms. The zero-order valence-electron chi connectivity index (χ0n) is 15.7. The molecule has 0 saturated heterocycles. The molecule has 3 aromatic rings. The number of amides is 1. The van der Waals surface area contributed by atoms with Gasteiger partial charge in [-0.2, -0.15) is 0 Å². The summed E-state index contributed by atoms with van der Waals surface area (Å²) in [6.45, 7) is 4.49. The molecule has 0 bridgehead atoms. The van der Waals surface area contributed by atoms with E-state index in [2.05, 4.69) is 10.2 Å². The molecule has 0 spiro atoms. The summed E-state index contributed by atoms with van der Waals surface area (Å²) in [4.78, 5) is 14.6. The van der Waals surface area contributed by atoms with E-state index >= 15 is 0 Å². The first-order valence-electron chi connectivity index (χ1n) is 8.89. The minimum Gasteiger partial charge on any atom is -0.335 e. The Morgan fingerprint density at radius 1 is 1.14 bits per heavy atom. The second kappa shape index (κ2) is 8.88. The molecular weight excluding hydrogens is 377 g/mol. The van der Waals surface area contributed by atoms with E-state index in [-0.39, 0.29) is 29.1 Å². The number of halogens is 1. The molecule has 6 nitrogen and oxygen atoms in total. The maximum atomic E-state index is 14.0. The highest BCUT2D eigenvalue weighted by Gasteiger charge is 2.20. The van der Waals surface area contributed by atoms with E-state index in [0.29, 0.717) is 11.7 Å². The Balaban J connectivity index is 1.69. The molecule has 0 fully saturated rings. The van der Waals surface area contributed by atoms with Crippen LogP contribution in [0.5, 0.6) is 0 Å². The third-order valence-electron chi connectivity index (χ3n) is 4.24. The van der Waals surface area contributed by atoms with Gasteiger partial charge in [0, 0.05) is 12.6 Å². The molecule has 0 radical (unpaired) electrons. The minimum absolute atomic E-state index is 0.0284. The standard InChI is InChI=1S/C20H22FN5OS/c1-14(2)25(12-15-8-4-3-5-9-15)18(27)13-28-20-24-23-19(26(20)22)16-10-6-7-11-17(16)21/h3-11,14H,12-13,22H2,1-2H3. The van der Waals surface area contributed by atoms with Crippen molar-refractivity contribution in [3.05, 3.63) is 66.0 Å². The monoisotopic (exact) mass is 399 g/mol. The Morgan fingerprint density at radius 3 is 2.50 bits per heavy atom. The molecule has 146 valence electrons. The Kier molecular flexibility index (Phi) is 6.30. The van der Waals surface area contributed by atoms with Crippen molar-refractivity contribution in [2.75, 3.05) is 11.6 Å². The van der Waals surface area contributed by atoms with E-state index in [4.69, 9.17) is 5.84 Å². The van der Waals surface area contributed by atoms with Crippen molar-refractivity contribution in [3.8, 4) is 11.4 Å². The van der Waals surface area contributed by atoms with Gasteiger partial charge in [0.1, 0.15) is 5.82 Å². The molecule has 3 rings (SSSR count). The van der Waals surface area contributed by atoms with Gasteiger partial charge in [0.05, 0.1) is 11.3 Å². The predicted octanol–water partition coefficient (Wildman–Crippen LogP) is 3.33. The molecule has 2 N–H and O–H groups in total. The summed E-state index contributed by atoms with van der Waals surface area (Å²) in [7, 11) is 0. The number of carbonyl (C=O) groups excluding carboxylic acids is 1. The molecule has 0 unspecified atom stereocenters. The van der Waals surface area contributed by atoms with Crippen molar-refractivity contribution in [2.24, 2.45) is 0 Å². The van der Waals surface area contributed by atoms with Gasteiger partial charge in [-0.15, -0.1) is 10.2 Å². The summed E-state index contributed by atoms with van der Waals surface area (Å²) in [5.41, 5.74) is 1.34. The van der Waals surface area contributed by atoms with Crippen LogP contribution in [-0.2, 0) is 11.3 Å². The van der Waals surface area contributed by atoms with Gasteiger partial charge in [-0.05, 0) is 31.5 Å². The second-order valence-electron chi connectivity index (χ2n) is 6.55. The Bertz CT molecular complexity index is 945. The summed E-state index contributed by atoms with van der Waals surface area (Å²) in [5, 5.41) is 8.34. The zero-order valence-corrected chi connectivity index (χ0v) is 16.6. The smallest absolute Gasteiger partial charge is 0.233 e. The van der Waals surface area contributed by atoms with Crippen LogP contribution in [0.1, 0.15) is 19.4 Å². The van der Waals surface area contributed by atoms with Gasteiger partial charge in [0.25, 0.3) is 0 Å². The fraction of sp³-hybridized carbons (Fsp3) is 0.250. The Morgan fingerprint density at radius 2 is 1.82 bits per heavy atom. The van der Waals surface area contributed by atoms with E-state index in [1.165, 1.54) is 22.5 Å². The van der Waals surface area contributed by atoms with E-state index in [9.17, 15) is 9.18 Å². The van der Waals surface area contributed by atoms with E-state index < -0.39 is 5.82 Å². The minimum atomic E-state index is -0.428. The first-order valence-corrected chi connectivity index (χ1v) is 9.87. The van der Waals surface area contributed by atoms with Gasteiger partial charge < -0.3 is 10.7 Å². The molecule has 0 aliphatic carbocycles. The zero-order chi connectivity index (χ0) is 20.1. The quantitative estimate of drug-likeness (QED) is 0.487. The van der Waals surface area contributed by atoms with Crippen LogP contribution in [0.2, 0.25) is 0 Å². The van der Waals surface area contributed by atoms with Gasteiger partial charge in [-0.3, -0.25) is 4.79 Å². The van der Waals surface area contributed by atoms with Gasteiger partial charge in [-0.1, -0.05) is 54.2 Å². The number of hydrogen-bond donors (Lipinski definition) is 1. The number of benzene rings is 2. The molecule has 2 aromatic carbocycles. The largest absolute Gasteiger partial charge is 0.335 e. The van der Waals surface area contributed by atoms with Crippen LogP contribution in [0.25, 0.3) is 11.4 Å². The summed E-state index contributed by atoms with van der Waals surface area (Å²) in [6, 6.07) is 16.1. The van der Waals surface area contributed by atoms with Crippen LogP contribution in [0.3, 0.4) is 0 Å². The van der Waals surface area contributed by atoms with Crippen molar-refractivity contribution in [1.82, 2.24) is 19.8 Å². The Labute approximate surface area is 167 Å². The predicted molar refractivity (Wildman–Crippen MR) is 108 cm³/mol. The topological polar surface area (TPSA) is 77.0 Å². The first-order chi connectivity index (χ1) is 13.5. The van der Waals surface area contributed by atoms with Crippen molar-refractivity contribution < 1.29 is 9.18 Å². The number of nitrogens with two attached hydrogens (primary N) is 1. The normalized spacial score (nSPS) is 11.0. The number of hydrogen-bond acceptors (Lipinski definition) is 5. The van der Waals surface area contributed by atoms with E-state index in [1.54, 1.807) is 23.1 Å². The fourth-order valence-corrected chi connectivity index (χ4v) is 3.49. The molecule has 1 amide bonds. The van der Waals surface area contributed by atoms with Crippen LogP contribution in [0, 0.1) is 5.82 Å². The molecular formula is C20H22FN5OS.